The quantitative estimate of drug-likeness (QED) is 0.598. The Morgan fingerprint density at radius 2 is 2.11 bits per heavy atom. The molecule has 18 heavy (non-hydrogen) atoms. The maximum atomic E-state index is 11.8. The summed E-state index contributed by atoms with van der Waals surface area (Å²) in [4.78, 5) is 11.1. The maximum Gasteiger partial charge on any atom is 0.321 e. The zero-order chi connectivity index (χ0) is 13.8. The molecule has 3 N–H and O–H groups in total. The molecule has 0 aliphatic heterocycles. The van der Waals surface area contributed by atoms with E-state index in [4.69, 9.17) is 5.73 Å². The van der Waals surface area contributed by atoms with Crippen LogP contribution in [0.5, 0.6) is 0 Å². The Labute approximate surface area is 106 Å². The summed E-state index contributed by atoms with van der Waals surface area (Å²) >= 11 is 0. The van der Waals surface area contributed by atoms with Gasteiger partial charge in [0.1, 0.15) is 6.54 Å². The van der Waals surface area contributed by atoms with E-state index in [0.717, 1.165) is 0 Å². The SMILES string of the molecule is CCOC(=O)CNS(=O)(=O)c1ccc(N)c(C)c1. The molecule has 0 radical (unpaired) electrons. The Morgan fingerprint density at radius 3 is 2.67 bits per heavy atom. The summed E-state index contributed by atoms with van der Waals surface area (Å²) in [5.41, 5.74) is 6.78. The summed E-state index contributed by atoms with van der Waals surface area (Å²) in [6, 6.07) is 4.34. The number of nitrogens with two attached hydrogens (primary N) is 1. The molecule has 0 aliphatic carbocycles. The molecule has 6 nitrogen and oxygen atoms in total. The largest absolute Gasteiger partial charge is 0.465 e. The van der Waals surface area contributed by atoms with Gasteiger partial charge in [-0.1, -0.05) is 0 Å². The number of nitrogen functional groups attached to an aromatic ring is 1. The fourth-order valence-corrected chi connectivity index (χ4v) is 2.32. The topological polar surface area (TPSA) is 98.5 Å². The first-order chi connectivity index (χ1) is 8.36. The van der Waals surface area contributed by atoms with E-state index in [0.29, 0.717) is 11.3 Å². The number of aryl methyl sites for hydroxylation is 1. The average molecular weight is 272 g/mol. The first-order valence-electron chi connectivity index (χ1n) is 5.38. The molecule has 0 unspecified atom stereocenters. The summed E-state index contributed by atoms with van der Waals surface area (Å²) in [5, 5.41) is 0. The van der Waals surface area contributed by atoms with E-state index in [2.05, 4.69) is 9.46 Å². The molecule has 1 rings (SSSR count). The van der Waals surface area contributed by atoms with Crippen LogP contribution in [0.15, 0.2) is 23.1 Å². The third-order valence-corrected chi connectivity index (χ3v) is 3.66. The van der Waals surface area contributed by atoms with Crippen molar-refractivity contribution in [2.24, 2.45) is 0 Å². The second-order valence-electron chi connectivity index (χ2n) is 3.65. The van der Waals surface area contributed by atoms with Gasteiger partial charge in [-0.3, -0.25) is 4.79 Å². The van der Waals surface area contributed by atoms with Crippen molar-refractivity contribution in [1.82, 2.24) is 4.72 Å². The van der Waals surface area contributed by atoms with Gasteiger partial charge in [0.2, 0.25) is 10.0 Å². The Kier molecular flexibility index (Phi) is 4.69. The molecule has 0 spiro atoms. The highest BCUT2D eigenvalue weighted by molar-refractivity contribution is 7.89. The van der Waals surface area contributed by atoms with E-state index in [1.54, 1.807) is 13.8 Å². The summed E-state index contributed by atoms with van der Waals surface area (Å²) in [6.07, 6.45) is 0. The van der Waals surface area contributed by atoms with Gasteiger partial charge in [-0.15, -0.1) is 0 Å². The Hall–Kier alpha value is -1.60. The van der Waals surface area contributed by atoms with Gasteiger partial charge in [0, 0.05) is 5.69 Å². The zero-order valence-corrected chi connectivity index (χ0v) is 11.1. The highest BCUT2D eigenvalue weighted by atomic mass is 32.2. The number of carbonyl (C=O) groups is 1. The van der Waals surface area contributed by atoms with E-state index >= 15 is 0 Å². The van der Waals surface area contributed by atoms with E-state index in [9.17, 15) is 13.2 Å². The number of nitrogens with one attached hydrogen (secondary N) is 1. The third kappa shape index (κ3) is 3.71. The molecule has 0 aliphatic rings. The first-order valence-corrected chi connectivity index (χ1v) is 6.86. The fourth-order valence-electron chi connectivity index (χ4n) is 1.26. The van der Waals surface area contributed by atoms with E-state index < -0.39 is 16.0 Å². The van der Waals surface area contributed by atoms with Gasteiger partial charge in [-0.05, 0) is 37.6 Å². The molecule has 1 aromatic rings. The van der Waals surface area contributed by atoms with Crippen molar-refractivity contribution < 1.29 is 17.9 Å². The second-order valence-corrected chi connectivity index (χ2v) is 5.41. The second kappa shape index (κ2) is 5.83. The lowest BCUT2D eigenvalue weighted by atomic mass is 10.2. The predicted molar refractivity (Wildman–Crippen MR) is 67.4 cm³/mol. The summed E-state index contributed by atoms with van der Waals surface area (Å²) in [6.45, 7) is 3.18. The zero-order valence-electron chi connectivity index (χ0n) is 10.3. The van der Waals surface area contributed by atoms with Crippen LogP contribution in [0.25, 0.3) is 0 Å². The number of sulfonamides is 1. The maximum absolute atomic E-state index is 11.8. The number of benzene rings is 1. The van der Waals surface area contributed by atoms with Crippen LogP contribution in [0.2, 0.25) is 0 Å². The molecule has 100 valence electrons. The van der Waals surface area contributed by atoms with Crippen LogP contribution in [0.3, 0.4) is 0 Å². The van der Waals surface area contributed by atoms with Gasteiger partial charge in [-0.2, -0.15) is 4.72 Å². The van der Waals surface area contributed by atoms with E-state index in [-0.39, 0.29) is 18.0 Å². The van der Waals surface area contributed by atoms with E-state index in [1.165, 1.54) is 18.2 Å². The van der Waals surface area contributed by atoms with Crippen LogP contribution in [0.1, 0.15) is 12.5 Å². The number of esters is 1. The van der Waals surface area contributed by atoms with E-state index in [1.807, 2.05) is 0 Å². The molecular weight excluding hydrogens is 256 g/mol. The monoisotopic (exact) mass is 272 g/mol. The minimum atomic E-state index is -3.72. The average Bonchev–Trinajstić information content (AvgIpc) is 2.30. The highest BCUT2D eigenvalue weighted by Gasteiger charge is 2.16. The predicted octanol–water partition coefficient (Wildman–Crippen LogP) is 0.419. The molecule has 0 bridgehead atoms. The highest BCUT2D eigenvalue weighted by Crippen LogP contribution is 2.16. The number of ether oxygens (including phenoxy) is 1. The van der Waals surface area contributed by atoms with Crippen LogP contribution in [0, 0.1) is 6.92 Å². The molecule has 0 fully saturated rings. The van der Waals surface area contributed by atoms with Crippen LogP contribution in [-0.2, 0) is 19.6 Å². The summed E-state index contributed by atoms with van der Waals surface area (Å²) < 4.78 is 30.5. The van der Waals surface area contributed by atoms with Crippen LogP contribution in [0.4, 0.5) is 5.69 Å². The minimum absolute atomic E-state index is 0.0681. The van der Waals surface area contributed by atoms with Crippen molar-refractivity contribution in [2.75, 3.05) is 18.9 Å². The Balaban J connectivity index is 2.80. The lowest BCUT2D eigenvalue weighted by molar-refractivity contribution is -0.141. The minimum Gasteiger partial charge on any atom is -0.465 e. The van der Waals surface area contributed by atoms with Crippen molar-refractivity contribution in [3.63, 3.8) is 0 Å². The van der Waals surface area contributed by atoms with Crippen LogP contribution in [-0.4, -0.2) is 27.5 Å². The number of carbonyl (C=O) groups excluding carboxylic acids is 1. The Morgan fingerprint density at radius 1 is 1.44 bits per heavy atom. The molecule has 0 heterocycles. The molecule has 0 atom stereocenters. The van der Waals surface area contributed by atoms with Crippen molar-refractivity contribution >= 4 is 21.7 Å². The fraction of sp³-hybridized carbons (Fsp3) is 0.364. The van der Waals surface area contributed by atoms with Gasteiger partial charge < -0.3 is 10.5 Å². The van der Waals surface area contributed by atoms with Crippen molar-refractivity contribution in [3.05, 3.63) is 23.8 Å². The van der Waals surface area contributed by atoms with Crippen molar-refractivity contribution in [3.8, 4) is 0 Å². The van der Waals surface area contributed by atoms with Crippen LogP contribution >= 0.6 is 0 Å². The lowest BCUT2D eigenvalue weighted by Crippen LogP contribution is -2.30. The number of hydrogen-bond acceptors (Lipinski definition) is 5. The molecule has 0 amide bonds. The Bertz CT molecular complexity index is 540. The van der Waals surface area contributed by atoms with Crippen molar-refractivity contribution in [2.45, 2.75) is 18.7 Å². The first kappa shape index (κ1) is 14.5. The van der Waals surface area contributed by atoms with Gasteiger partial charge in [0.05, 0.1) is 11.5 Å². The third-order valence-electron chi connectivity index (χ3n) is 2.26. The lowest BCUT2D eigenvalue weighted by Gasteiger charge is -2.08. The molecule has 7 heteroatoms. The molecule has 0 aromatic heterocycles. The molecule has 1 aromatic carbocycles. The van der Waals surface area contributed by atoms with Gasteiger partial charge in [-0.25, -0.2) is 8.42 Å². The number of rotatable bonds is 5. The number of anilines is 1. The molecule has 0 saturated carbocycles. The van der Waals surface area contributed by atoms with Gasteiger partial charge >= 0.3 is 5.97 Å². The van der Waals surface area contributed by atoms with Crippen molar-refractivity contribution in [1.29, 1.82) is 0 Å². The molecular formula is C11H16N2O4S. The van der Waals surface area contributed by atoms with Gasteiger partial charge in [0.25, 0.3) is 0 Å². The standard InChI is InChI=1S/C11H16N2O4S/c1-3-17-11(14)7-13-18(15,16)9-4-5-10(12)8(2)6-9/h4-6,13H,3,7,12H2,1-2H3. The summed E-state index contributed by atoms with van der Waals surface area (Å²) in [5.74, 6) is -0.617. The molecule has 0 saturated heterocycles. The number of hydrogen-bond donors (Lipinski definition) is 2. The van der Waals surface area contributed by atoms with Gasteiger partial charge in [0.15, 0.2) is 0 Å². The normalized spacial score (nSPS) is 11.2. The van der Waals surface area contributed by atoms with Crippen LogP contribution < -0.4 is 10.5 Å². The smallest absolute Gasteiger partial charge is 0.321 e. The summed E-state index contributed by atoms with van der Waals surface area (Å²) in [7, 11) is -3.72.